The summed E-state index contributed by atoms with van der Waals surface area (Å²) in [7, 11) is 0. The van der Waals surface area contributed by atoms with Crippen LogP contribution in [0.25, 0.3) is 22.8 Å². The van der Waals surface area contributed by atoms with Crippen molar-refractivity contribution in [2.45, 2.75) is 6.04 Å². The van der Waals surface area contributed by atoms with Gasteiger partial charge in [0.1, 0.15) is 29.3 Å². The number of imidazole rings is 1. The molecule has 0 aliphatic carbocycles. The van der Waals surface area contributed by atoms with E-state index in [0.717, 1.165) is 18.8 Å². The van der Waals surface area contributed by atoms with Gasteiger partial charge in [0.15, 0.2) is 5.69 Å². The zero-order chi connectivity index (χ0) is 24.5. The fourth-order valence-corrected chi connectivity index (χ4v) is 4.19. The van der Waals surface area contributed by atoms with Crippen molar-refractivity contribution in [2.75, 3.05) is 49.7 Å². The van der Waals surface area contributed by atoms with Crippen LogP contribution < -0.4 is 10.2 Å². The number of hydrogen-bond donors (Lipinski definition) is 1. The lowest BCUT2D eigenvalue weighted by Gasteiger charge is -2.28. The topological polar surface area (TPSA) is 108 Å². The van der Waals surface area contributed by atoms with E-state index in [0.29, 0.717) is 49.2 Å². The average Bonchev–Trinajstić information content (AvgIpc) is 3.52. The van der Waals surface area contributed by atoms with Gasteiger partial charge in [-0.1, -0.05) is 0 Å². The summed E-state index contributed by atoms with van der Waals surface area (Å²) in [6.45, 7) is 4.04. The van der Waals surface area contributed by atoms with Gasteiger partial charge >= 0.3 is 0 Å². The fraction of sp³-hybridized carbons (Fsp3) is 0.280. The van der Waals surface area contributed by atoms with Gasteiger partial charge in [0, 0.05) is 18.7 Å². The molecule has 10 nitrogen and oxygen atoms in total. The molecular weight excluding hydrogens is 467 g/mol. The maximum Gasteiger partial charge on any atom is 0.278 e. The number of morpholine rings is 1. The molecule has 11 heteroatoms. The molecule has 1 N–H and O–H groups in total. The maximum atomic E-state index is 13.5. The summed E-state index contributed by atoms with van der Waals surface area (Å²) in [5.74, 6) is -0.142. The number of nitrogens with zero attached hydrogens (tertiary/aromatic N) is 5. The number of pyridine rings is 1. The predicted molar refractivity (Wildman–Crippen MR) is 128 cm³/mol. The number of amides is 1. The third kappa shape index (κ3) is 4.34. The van der Waals surface area contributed by atoms with Crippen molar-refractivity contribution in [1.29, 1.82) is 0 Å². The lowest BCUT2D eigenvalue weighted by atomic mass is 10.1. The first kappa shape index (κ1) is 22.4. The van der Waals surface area contributed by atoms with E-state index in [2.05, 4.69) is 25.2 Å². The first-order chi connectivity index (χ1) is 17.7. The molecule has 0 atom stereocenters. The van der Waals surface area contributed by atoms with Crippen LogP contribution in [-0.4, -0.2) is 64.9 Å². The van der Waals surface area contributed by atoms with Crippen molar-refractivity contribution in [3.63, 3.8) is 0 Å². The van der Waals surface area contributed by atoms with Crippen LogP contribution >= 0.6 is 0 Å². The zero-order valence-electron chi connectivity index (χ0n) is 19.3. The molecule has 36 heavy (non-hydrogen) atoms. The number of aromatic nitrogens is 4. The third-order valence-electron chi connectivity index (χ3n) is 6.23. The number of carbonyl (C=O) groups is 1. The first-order valence-electron chi connectivity index (χ1n) is 11.6. The van der Waals surface area contributed by atoms with E-state index in [-0.39, 0.29) is 23.4 Å². The minimum atomic E-state index is -0.446. The van der Waals surface area contributed by atoms with E-state index in [1.54, 1.807) is 30.7 Å². The highest BCUT2D eigenvalue weighted by atomic mass is 19.1. The highest BCUT2D eigenvalue weighted by Crippen LogP contribution is 2.34. The van der Waals surface area contributed by atoms with E-state index in [4.69, 9.17) is 13.9 Å². The van der Waals surface area contributed by atoms with Gasteiger partial charge in [-0.25, -0.2) is 19.3 Å². The Morgan fingerprint density at radius 3 is 2.53 bits per heavy atom. The molecule has 2 aliphatic heterocycles. The smallest absolute Gasteiger partial charge is 0.278 e. The number of hydrogen-bond acceptors (Lipinski definition) is 8. The number of halogens is 1. The van der Waals surface area contributed by atoms with Crippen LogP contribution in [-0.2, 0) is 9.47 Å². The number of anilines is 2. The largest absolute Gasteiger partial charge is 0.442 e. The second kappa shape index (κ2) is 9.51. The van der Waals surface area contributed by atoms with Crippen molar-refractivity contribution in [3.8, 4) is 22.8 Å². The predicted octanol–water partition coefficient (Wildman–Crippen LogP) is 3.40. The highest BCUT2D eigenvalue weighted by molar-refractivity contribution is 6.02. The van der Waals surface area contributed by atoms with Crippen LogP contribution in [0.2, 0.25) is 0 Å². The Balaban J connectivity index is 1.23. The van der Waals surface area contributed by atoms with Crippen LogP contribution in [0.1, 0.15) is 16.5 Å². The van der Waals surface area contributed by atoms with Gasteiger partial charge in [-0.2, -0.15) is 0 Å². The number of benzene rings is 1. The molecule has 1 aromatic carbocycles. The van der Waals surface area contributed by atoms with E-state index in [9.17, 15) is 9.18 Å². The number of carbonyl (C=O) groups excluding carboxylic acids is 1. The summed E-state index contributed by atoms with van der Waals surface area (Å²) in [6.07, 6.45) is 4.71. The number of ether oxygens (including phenoxy) is 2. The molecule has 0 radical (unpaired) electrons. The van der Waals surface area contributed by atoms with E-state index in [1.807, 2.05) is 10.6 Å². The van der Waals surface area contributed by atoms with Gasteiger partial charge < -0.3 is 28.7 Å². The quantitative estimate of drug-likeness (QED) is 0.438. The van der Waals surface area contributed by atoms with Gasteiger partial charge in [0.2, 0.25) is 5.89 Å². The van der Waals surface area contributed by atoms with Crippen molar-refractivity contribution in [3.05, 3.63) is 66.7 Å². The van der Waals surface area contributed by atoms with Crippen LogP contribution in [0.15, 0.2) is 59.6 Å². The lowest BCUT2D eigenvalue weighted by molar-refractivity contribution is -0.0228. The SMILES string of the molecule is O=C(Nc1ccc(N2CCOCC2)cn1)c1coc(-c2c(-c3ccc(F)cc3)ncn2C2COC2)n1. The summed E-state index contributed by atoms with van der Waals surface area (Å²) >= 11 is 0. The molecule has 2 fully saturated rings. The molecule has 0 bridgehead atoms. The van der Waals surface area contributed by atoms with Gasteiger partial charge in [0.05, 0.1) is 50.7 Å². The van der Waals surface area contributed by atoms with Crippen molar-refractivity contribution in [1.82, 2.24) is 19.5 Å². The Labute approximate surface area is 205 Å². The normalized spacial score (nSPS) is 16.1. The molecular formula is C25H23FN6O4. The number of nitrogens with one attached hydrogen (secondary N) is 1. The zero-order valence-corrected chi connectivity index (χ0v) is 19.3. The number of oxazole rings is 1. The minimum absolute atomic E-state index is 0.0695. The first-order valence-corrected chi connectivity index (χ1v) is 11.6. The molecule has 0 saturated carbocycles. The highest BCUT2D eigenvalue weighted by Gasteiger charge is 2.29. The van der Waals surface area contributed by atoms with Crippen LogP contribution in [0.3, 0.4) is 0 Å². The summed E-state index contributed by atoms with van der Waals surface area (Å²) in [6, 6.07) is 9.77. The molecule has 0 spiro atoms. The van der Waals surface area contributed by atoms with Gasteiger partial charge in [-0.15, -0.1) is 0 Å². The van der Waals surface area contributed by atoms with Gasteiger partial charge in [-0.3, -0.25) is 4.79 Å². The summed E-state index contributed by atoms with van der Waals surface area (Å²) in [5, 5.41) is 2.76. The van der Waals surface area contributed by atoms with Crippen LogP contribution in [0.5, 0.6) is 0 Å². The fourth-order valence-electron chi connectivity index (χ4n) is 4.19. The van der Waals surface area contributed by atoms with E-state index < -0.39 is 5.91 Å². The van der Waals surface area contributed by atoms with Crippen LogP contribution in [0, 0.1) is 5.82 Å². The Kier molecular flexibility index (Phi) is 5.91. The van der Waals surface area contributed by atoms with Gasteiger partial charge in [-0.05, 0) is 36.4 Å². The van der Waals surface area contributed by atoms with Crippen LogP contribution in [0.4, 0.5) is 15.9 Å². The Morgan fingerprint density at radius 1 is 1.03 bits per heavy atom. The average molecular weight is 490 g/mol. The maximum absolute atomic E-state index is 13.5. The molecule has 2 aliphatic rings. The molecule has 1 amide bonds. The second-order valence-corrected chi connectivity index (χ2v) is 8.54. The number of rotatable bonds is 6. The molecule has 6 rings (SSSR count). The summed E-state index contributed by atoms with van der Waals surface area (Å²) in [4.78, 5) is 28.4. The molecule has 4 aromatic rings. The Bertz CT molecular complexity index is 1360. The molecule has 184 valence electrons. The summed E-state index contributed by atoms with van der Waals surface area (Å²) < 4.78 is 31.8. The standard InChI is InChI=1S/C25H23FN6O4/c26-17-3-1-16(2-4-17)22-23(32(15-28-22)19-12-35-13-19)25-29-20(14-36-25)24(33)30-21-6-5-18(11-27-21)31-7-9-34-10-8-31/h1-6,11,14-15,19H,7-10,12-13H2,(H,27,30,33). The Hall–Kier alpha value is -4.09. The van der Waals surface area contributed by atoms with Crippen molar-refractivity contribution in [2.24, 2.45) is 0 Å². The second-order valence-electron chi connectivity index (χ2n) is 8.54. The summed E-state index contributed by atoms with van der Waals surface area (Å²) in [5.41, 5.74) is 2.96. The van der Waals surface area contributed by atoms with E-state index in [1.165, 1.54) is 18.4 Å². The minimum Gasteiger partial charge on any atom is -0.442 e. The lowest BCUT2D eigenvalue weighted by Crippen LogP contribution is -2.36. The monoisotopic (exact) mass is 490 g/mol. The van der Waals surface area contributed by atoms with E-state index >= 15 is 0 Å². The van der Waals surface area contributed by atoms with Gasteiger partial charge in [0.25, 0.3) is 5.91 Å². The van der Waals surface area contributed by atoms with Crippen molar-refractivity contribution >= 4 is 17.4 Å². The molecule has 0 unspecified atom stereocenters. The molecule has 3 aromatic heterocycles. The third-order valence-corrected chi connectivity index (χ3v) is 6.23. The molecule has 2 saturated heterocycles. The van der Waals surface area contributed by atoms with Crippen molar-refractivity contribution < 1.29 is 23.1 Å². The Morgan fingerprint density at radius 2 is 1.83 bits per heavy atom. The molecule has 5 heterocycles.